The van der Waals surface area contributed by atoms with E-state index in [4.69, 9.17) is 5.73 Å². The zero-order chi connectivity index (χ0) is 12.3. The van der Waals surface area contributed by atoms with Crippen LogP contribution < -0.4 is 5.73 Å². The highest BCUT2D eigenvalue weighted by Crippen LogP contribution is 2.34. The Kier molecular flexibility index (Phi) is 3.25. The van der Waals surface area contributed by atoms with E-state index in [0.29, 0.717) is 0 Å². The van der Waals surface area contributed by atoms with Crippen molar-refractivity contribution in [1.82, 2.24) is 4.98 Å². The summed E-state index contributed by atoms with van der Waals surface area (Å²) in [7, 11) is 0. The van der Waals surface area contributed by atoms with Crippen molar-refractivity contribution < 1.29 is 0 Å². The number of rotatable bonds is 3. The lowest BCUT2D eigenvalue weighted by Crippen LogP contribution is -2.33. The highest BCUT2D eigenvalue weighted by atomic mass is 14.7. The molecule has 1 atom stereocenters. The van der Waals surface area contributed by atoms with E-state index in [9.17, 15) is 0 Å². The van der Waals surface area contributed by atoms with Gasteiger partial charge >= 0.3 is 0 Å². The second-order valence-corrected chi connectivity index (χ2v) is 4.85. The van der Waals surface area contributed by atoms with Gasteiger partial charge in [0, 0.05) is 23.9 Å². The molecule has 0 aliphatic rings. The van der Waals surface area contributed by atoms with Crippen LogP contribution in [0, 0.1) is 0 Å². The number of nitrogens with zero attached hydrogens (tertiary/aromatic N) is 1. The minimum absolute atomic E-state index is 0.0569. The van der Waals surface area contributed by atoms with E-state index in [1.807, 2.05) is 36.5 Å². The molecule has 1 heterocycles. The lowest BCUT2D eigenvalue weighted by atomic mass is 9.76. The van der Waals surface area contributed by atoms with Crippen molar-refractivity contribution >= 4 is 0 Å². The number of nitrogens with two attached hydrogens (primary N) is 1. The maximum Gasteiger partial charge on any atom is 0.0403 e. The van der Waals surface area contributed by atoms with Crippen molar-refractivity contribution in [2.24, 2.45) is 5.73 Å². The van der Waals surface area contributed by atoms with E-state index >= 15 is 0 Å². The molecule has 0 bridgehead atoms. The summed E-state index contributed by atoms with van der Waals surface area (Å²) in [5.41, 5.74) is 8.58. The Morgan fingerprint density at radius 2 is 1.76 bits per heavy atom. The predicted molar refractivity (Wildman–Crippen MR) is 70.6 cm³/mol. The van der Waals surface area contributed by atoms with Crippen LogP contribution in [0.3, 0.4) is 0 Å². The summed E-state index contributed by atoms with van der Waals surface area (Å²) >= 11 is 0. The number of hydrogen-bond acceptors (Lipinski definition) is 2. The Balaban J connectivity index is 2.33. The van der Waals surface area contributed by atoms with Crippen LogP contribution in [0.5, 0.6) is 0 Å². The quantitative estimate of drug-likeness (QED) is 0.873. The van der Waals surface area contributed by atoms with Crippen LogP contribution in [-0.4, -0.2) is 4.98 Å². The molecule has 0 saturated heterocycles. The second kappa shape index (κ2) is 4.68. The predicted octanol–water partition coefficient (Wildman–Crippen LogP) is 3.06. The summed E-state index contributed by atoms with van der Waals surface area (Å²) in [5, 5.41) is 0. The van der Waals surface area contributed by atoms with Gasteiger partial charge in [0.15, 0.2) is 0 Å². The SMILES string of the molecule is CC(C)(c1ccccc1)C(N)c1cccnc1. The Labute approximate surface area is 103 Å². The second-order valence-electron chi connectivity index (χ2n) is 4.85. The van der Waals surface area contributed by atoms with Crippen molar-refractivity contribution in [3.63, 3.8) is 0 Å². The number of aromatic nitrogens is 1. The third kappa shape index (κ3) is 2.37. The summed E-state index contributed by atoms with van der Waals surface area (Å²) < 4.78 is 0. The first-order chi connectivity index (χ1) is 8.12. The molecule has 17 heavy (non-hydrogen) atoms. The Bertz CT molecular complexity index is 463. The maximum atomic E-state index is 6.36. The topological polar surface area (TPSA) is 38.9 Å². The highest BCUT2D eigenvalue weighted by Gasteiger charge is 2.29. The third-order valence-electron chi connectivity index (χ3n) is 3.34. The zero-order valence-corrected chi connectivity index (χ0v) is 10.3. The molecule has 0 aliphatic heterocycles. The molecule has 0 spiro atoms. The van der Waals surface area contributed by atoms with Gasteiger partial charge in [-0.3, -0.25) is 4.98 Å². The van der Waals surface area contributed by atoms with Gasteiger partial charge < -0.3 is 5.73 Å². The van der Waals surface area contributed by atoms with Crippen LogP contribution in [0.4, 0.5) is 0 Å². The number of pyridine rings is 1. The van der Waals surface area contributed by atoms with Crippen molar-refractivity contribution in [2.75, 3.05) is 0 Å². The summed E-state index contributed by atoms with van der Waals surface area (Å²) in [6, 6.07) is 14.3. The molecule has 1 aromatic heterocycles. The lowest BCUT2D eigenvalue weighted by molar-refractivity contribution is 0.420. The van der Waals surface area contributed by atoms with Gasteiger partial charge in [-0.25, -0.2) is 0 Å². The highest BCUT2D eigenvalue weighted by molar-refractivity contribution is 5.30. The van der Waals surface area contributed by atoms with Crippen molar-refractivity contribution in [3.8, 4) is 0 Å². The third-order valence-corrected chi connectivity index (χ3v) is 3.34. The first-order valence-corrected chi connectivity index (χ1v) is 5.83. The van der Waals surface area contributed by atoms with Gasteiger partial charge in [-0.15, -0.1) is 0 Å². The molecular weight excluding hydrogens is 208 g/mol. The van der Waals surface area contributed by atoms with Gasteiger partial charge in [0.25, 0.3) is 0 Å². The number of benzene rings is 1. The van der Waals surface area contributed by atoms with Gasteiger partial charge in [-0.1, -0.05) is 50.2 Å². The van der Waals surface area contributed by atoms with Gasteiger partial charge in [0.05, 0.1) is 0 Å². The molecule has 2 heteroatoms. The largest absolute Gasteiger partial charge is 0.323 e. The van der Waals surface area contributed by atoms with E-state index in [1.54, 1.807) is 6.20 Å². The summed E-state index contributed by atoms with van der Waals surface area (Å²) in [4.78, 5) is 4.13. The van der Waals surface area contributed by atoms with Crippen molar-refractivity contribution in [1.29, 1.82) is 0 Å². The monoisotopic (exact) mass is 226 g/mol. The molecule has 0 saturated carbocycles. The fourth-order valence-electron chi connectivity index (χ4n) is 2.02. The van der Waals surface area contributed by atoms with Crippen LogP contribution in [0.15, 0.2) is 54.9 Å². The molecule has 2 nitrogen and oxygen atoms in total. The molecule has 1 unspecified atom stereocenters. The minimum Gasteiger partial charge on any atom is -0.323 e. The molecule has 0 radical (unpaired) electrons. The van der Waals surface area contributed by atoms with Crippen LogP contribution in [0.1, 0.15) is 31.0 Å². The van der Waals surface area contributed by atoms with Gasteiger partial charge in [-0.2, -0.15) is 0 Å². The van der Waals surface area contributed by atoms with Crippen LogP contribution in [0.2, 0.25) is 0 Å². The van der Waals surface area contributed by atoms with Gasteiger partial charge in [0.2, 0.25) is 0 Å². The fourth-order valence-corrected chi connectivity index (χ4v) is 2.02. The van der Waals surface area contributed by atoms with E-state index < -0.39 is 0 Å². The van der Waals surface area contributed by atoms with Crippen molar-refractivity contribution in [3.05, 3.63) is 66.0 Å². The van der Waals surface area contributed by atoms with E-state index in [1.165, 1.54) is 5.56 Å². The van der Waals surface area contributed by atoms with E-state index in [0.717, 1.165) is 5.56 Å². The smallest absolute Gasteiger partial charge is 0.0403 e. The number of hydrogen-bond donors (Lipinski definition) is 1. The van der Waals surface area contributed by atoms with Crippen LogP contribution in [0.25, 0.3) is 0 Å². The van der Waals surface area contributed by atoms with E-state index in [-0.39, 0.29) is 11.5 Å². The molecule has 1 aromatic carbocycles. The summed E-state index contributed by atoms with van der Waals surface area (Å²) in [6.45, 7) is 4.33. The molecular formula is C15H18N2. The van der Waals surface area contributed by atoms with Gasteiger partial charge in [-0.05, 0) is 17.2 Å². The Morgan fingerprint density at radius 1 is 1.06 bits per heavy atom. The molecule has 2 N–H and O–H groups in total. The molecule has 2 aromatic rings. The average molecular weight is 226 g/mol. The normalized spacial score (nSPS) is 13.4. The maximum absolute atomic E-state index is 6.36. The zero-order valence-electron chi connectivity index (χ0n) is 10.3. The Hall–Kier alpha value is -1.67. The van der Waals surface area contributed by atoms with Crippen LogP contribution in [-0.2, 0) is 5.41 Å². The van der Waals surface area contributed by atoms with Gasteiger partial charge in [0.1, 0.15) is 0 Å². The molecule has 0 aliphatic carbocycles. The molecule has 88 valence electrons. The first-order valence-electron chi connectivity index (χ1n) is 5.83. The summed E-state index contributed by atoms with van der Waals surface area (Å²) in [6.07, 6.45) is 3.61. The minimum atomic E-state index is -0.107. The molecule has 2 rings (SSSR count). The fraction of sp³-hybridized carbons (Fsp3) is 0.267. The first kappa shape index (κ1) is 11.8. The Morgan fingerprint density at radius 3 is 2.35 bits per heavy atom. The van der Waals surface area contributed by atoms with Crippen molar-refractivity contribution in [2.45, 2.75) is 25.3 Å². The van der Waals surface area contributed by atoms with E-state index in [2.05, 4.69) is 31.0 Å². The molecule has 0 fully saturated rings. The average Bonchev–Trinajstić information content (AvgIpc) is 2.40. The summed E-state index contributed by atoms with van der Waals surface area (Å²) in [5.74, 6) is 0. The standard InChI is InChI=1S/C15H18N2/c1-15(2,13-8-4-3-5-9-13)14(16)12-7-6-10-17-11-12/h3-11,14H,16H2,1-2H3. The molecule has 0 amide bonds. The lowest BCUT2D eigenvalue weighted by Gasteiger charge is -2.32. The van der Waals surface area contributed by atoms with Crippen LogP contribution >= 0.6 is 0 Å².